The fraction of sp³-hybridized carbons (Fsp3) is 0.538. The monoisotopic (exact) mass is 283 g/mol. The van der Waals surface area contributed by atoms with Gasteiger partial charge in [-0.3, -0.25) is 4.79 Å². The van der Waals surface area contributed by atoms with E-state index in [1.807, 2.05) is 6.92 Å². The van der Waals surface area contributed by atoms with Gasteiger partial charge in [-0.05, 0) is 25.5 Å². The second kappa shape index (κ2) is 5.75. The van der Waals surface area contributed by atoms with E-state index < -0.39 is 0 Å². The fourth-order valence-corrected chi connectivity index (χ4v) is 2.54. The van der Waals surface area contributed by atoms with E-state index in [4.69, 9.17) is 16.3 Å². The van der Waals surface area contributed by atoms with Crippen LogP contribution in [0.2, 0.25) is 5.15 Å². The Balaban J connectivity index is 2.21. The summed E-state index contributed by atoms with van der Waals surface area (Å²) in [7, 11) is 3.54. The van der Waals surface area contributed by atoms with Crippen molar-refractivity contribution in [2.45, 2.75) is 25.5 Å². The van der Waals surface area contributed by atoms with E-state index in [0.29, 0.717) is 23.1 Å². The zero-order valence-corrected chi connectivity index (χ0v) is 12.1. The number of aromatic nitrogens is 1. The molecule has 2 heterocycles. The number of halogens is 1. The minimum atomic E-state index is -0.0665. The van der Waals surface area contributed by atoms with Crippen molar-refractivity contribution in [3.63, 3.8) is 0 Å². The normalized spacial score (nSPS) is 22.3. The van der Waals surface area contributed by atoms with Crippen LogP contribution in [0.5, 0.6) is 0 Å². The first kappa shape index (κ1) is 14.1. The average Bonchev–Trinajstić information content (AvgIpc) is 2.82. The molecular formula is C13H18ClN3O2. The molecule has 1 aromatic heterocycles. The summed E-state index contributed by atoms with van der Waals surface area (Å²) in [5.74, 6) is 0.517. The molecule has 1 aliphatic heterocycles. The van der Waals surface area contributed by atoms with Gasteiger partial charge in [-0.2, -0.15) is 0 Å². The number of carbonyl (C=O) groups excluding carboxylic acids is 1. The molecule has 6 heteroatoms. The lowest BCUT2D eigenvalue weighted by molar-refractivity contribution is 0.0574. The first-order valence-corrected chi connectivity index (χ1v) is 6.65. The molecule has 1 aliphatic rings. The van der Waals surface area contributed by atoms with Crippen LogP contribution in [-0.2, 0) is 4.74 Å². The molecule has 1 amide bonds. The second-order valence-electron chi connectivity index (χ2n) is 4.66. The summed E-state index contributed by atoms with van der Waals surface area (Å²) in [5, 5.41) is 3.19. The van der Waals surface area contributed by atoms with Crippen LogP contribution in [0.1, 0.15) is 23.7 Å². The molecule has 2 atom stereocenters. The van der Waals surface area contributed by atoms with Crippen molar-refractivity contribution in [3.8, 4) is 0 Å². The van der Waals surface area contributed by atoms with Gasteiger partial charge in [0.25, 0.3) is 5.91 Å². The van der Waals surface area contributed by atoms with Crippen LogP contribution in [0.15, 0.2) is 12.1 Å². The van der Waals surface area contributed by atoms with Crippen LogP contribution in [0.3, 0.4) is 0 Å². The van der Waals surface area contributed by atoms with E-state index in [-0.39, 0.29) is 18.1 Å². The molecule has 1 N–H and O–H groups in total. The van der Waals surface area contributed by atoms with Gasteiger partial charge in [-0.15, -0.1) is 0 Å². The van der Waals surface area contributed by atoms with Crippen LogP contribution in [0.4, 0.5) is 5.82 Å². The second-order valence-corrected chi connectivity index (χ2v) is 5.05. The summed E-state index contributed by atoms with van der Waals surface area (Å²) in [5.41, 5.74) is 0.533. The Morgan fingerprint density at radius 3 is 2.89 bits per heavy atom. The first-order chi connectivity index (χ1) is 9.02. The lowest BCUT2D eigenvalue weighted by Gasteiger charge is -2.27. The van der Waals surface area contributed by atoms with Crippen LogP contribution < -0.4 is 5.32 Å². The largest absolute Gasteiger partial charge is 0.376 e. The van der Waals surface area contributed by atoms with E-state index in [1.165, 1.54) is 0 Å². The Kier molecular flexibility index (Phi) is 4.27. The Morgan fingerprint density at radius 1 is 1.58 bits per heavy atom. The molecule has 0 radical (unpaired) electrons. The number of carbonyl (C=O) groups is 1. The van der Waals surface area contributed by atoms with Crippen molar-refractivity contribution < 1.29 is 9.53 Å². The number of amides is 1. The maximum Gasteiger partial charge on any atom is 0.254 e. The van der Waals surface area contributed by atoms with E-state index in [2.05, 4.69) is 10.3 Å². The molecule has 1 aromatic rings. The number of nitrogens with zero attached hydrogens (tertiary/aromatic N) is 2. The summed E-state index contributed by atoms with van der Waals surface area (Å²) in [6, 6.07) is 3.39. The van der Waals surface area contributed by atoms with Gasteiger partial charge in [0, 0.05) is 26.3 Å². The lowest BCUT2D eigenvalue weighted by Crippen LogP contribution is -2.41. The average molecular weight is 284 g/mol. The number of hydrogen-bond acceptors (Lipinski definition) is 4. The quantitative estimate of drug-likeness (QED) is 0.863. The number of likely N-dealkylation sites (N-methyl/N-ethyl adjacent to an activating group) is 1. The predicted octanol–water partition coefficient (Wildman–Crippen LogP) is 2.03. The van der Waals surface area contributed by atoms with Crippen molar-refractivity contribution in [1.82, 2.24) is 9.88 Å². The van der Waals surface area contributed by atoms with Gasteiger partial charge in [0.15, 0.2) is 0 Å². The van der Waals surface area contributed by atoms with E-state index >= 15 is 0 Å². The zero-order valence-electron chi connectivity index (χ0n) is 11.3. The highest BCUT2D eigenvalue weighted by Gasteiger charge is 2.31. The highest BCUT2D eigenvalue weighted by molar-refractivity contribution is 6.29. The molecule has 0 bridgehead atoms. The minimum absolute atomic E-state index is 0.0648. The molecule has 0 spiro atoms. The summed E-state index contributed by atoms with van der Waals surface area (Å²) in [6.07, 6.45) is 0.927. The number of pyridine rings is 1. The van der Waals surface area contributed by atoms with Crippen molar-refractivity contribution in [1.29, 1.82) is 0 Å². The predicted molar refractivity (Wildman–Crippen MR) is 74.7 cm³/mol. The molecule has 0 saturated carbocycles. The van der Waals surface area contributed by atoms with Crippen LogP contribution in [0.25, 0.3) is 0 Å². The molecule has 2 rings (SSSR count). The molecule has 5 nitrogen and oxygen atoms in total. The molecule has 2 unspecified atom stereocenters. The Morgan fingerprint density at radius 2 is 2.32 bits per heavy atom. The molecule has 1 saturated heterocycles. The van der Waals surface area contributed by atoms with Crippen LogP contribution >= 0.6 is 11.6 Å². The molecule has 19 heavy (non-hydrogen) atoms. The first-order valence-electron chi connectivity index (χ1n) is 6.27. The third kappa shape index (κ3) is 2.98. The lowest BCUT2D eigenvalue weighted by atomic mass is 10.1. The minimum Gasteiger partial charge on any atom is -0.376 e. The van der Waals surface area contributed by atoms with Gasteiger partial charge in [-0.25, -0.2) is 4.98 Å². The fourth-order valence-electron chi connectivity index (χ4n) is 2.33. The van der Waals surface area contributed by atoms with Gasteiger partial charge in [0.2, 0.25) is 0 Å². The standard InChI is InChI=1S/C13H18ClN3O2/c1-8-10(4-5-19-8)17(3)13(18)9-6-11(14)16-12(7-9)15-2/h6-8,10H,4-5H2,1-3H3,(H,15,16). The van der Waals surface area contributed by atoms with Gasteiger partial charge < -0.3 is 15.0 Å². The smallest absolute Gasteiger partial charge is 0.254 e. The van der Waals surface area contributed by atoms with E-state index in [0.717, 1.165) is 6.42 Å². The number of rotatable bonds is 3. The van der Waals surface area contributed by atoms with Gasteiger partial charge >= 0.3 is 0 Å². The third-order valence-electron chi connectivity index (χ3n) is 3.45. The van der Waals surface area contributed by atoms with Gasteiger partial charge in [0.1, 0.15) is 11.0 Å². The SMILES string of the molecule is CNc1cc(C(=O)N(C)C2CCOC2C)cc(Cl)n1. The molecule has 1 fully saturated rings. The number of ether oxygens (including phenoxy) is 1. The van der Waals surface area contributed by atoms with Gasteiger partial charge in [0.05, 0.1) is 12.1 Å². The van der Waals surface area contributed by atoms with Crippen molar-refractivity contribution >= 4 is 23.3 Å². The summed E-state index contributed by atoms with van der Waals surface area (Å²) in [4.78, 5) is 18.2. The van der Waals surface area contributed by atoms with Gasteiger partial charge in [-0.1, -0.05) is 11.6 Å². The van der Waals surface area contributed by atoms with E-state index in [1.54, 1.807) is 31.1 Å². The summed E-state index contributed by atoms with van der Waals surface area (Å²) >= 11 is 5.92. The Hall–Kier alpha value is -1.33. The van der Waals surface area contributed by atoms with Crippen molar-refractivity contribution in [2.75, 3.05) is 26.0 Å². The Labute approximate surface area is 117 Å². The molecule has 0 aromatic carbocycles. The molecular weight excluding hydrogens is 266 g/mol. The number of anilines is 1. The van der Waals surface area contributed by atoms with Crippen molar-refractivity contribution in [3.05, 3.63) is 22.8 Å². The van der Waals surface area contributed by atoms with Crippen LogP contribution in [-0.4, -0.2) is 48.6 Å². The highest BCUT2D eigenvalue weighted by atomic mass is 35.5. The molecule has 0 aliphatic carbocycles. The summed E-state index contributed by atoms with van der Waals surface area (Å²) in [6.45, 7) is 2.68. The maximum atomic E-state index is 12.5. The summed E-state index contributed by atoms with van der Waals surface area (Å²) < 4.78 is 5.50. The van der Waals surface area contributed by atoms with E-state index in [9.17, 15) is 4.79 Å². The number of hydrogen-bond donors (Lipinski definition) is 1. The topological polar surface area (TPSA) is 54.5 Å². The maximum absolute atomic E-state index is 12.5. The van der Waals surface area contributed by atoms with Crippen molar-refractivity contribution in [2.24, 2.45) is 0 Å². The Bertz CT molecular complexity index is 481. The molecule has 104 valence electrons. The third-order valence-corrected chi connectivity index (χ3v) is 3.64. The zero-order chi connectivity index (χ0) is 14.0. The highest BCUT2D eigenvalue weighted by Crippen LogP contribution is 2.22. The van der Waals surface area contributed by atoms with Crippen LogP contribution in [0, 0.1) is 0 Å². The number of nitrogens with one attached hydrogen (secondary N) is 1.